The van der Waals surface area contributed by atoms with E-state index < -0.39 is 7.14 Å². The summed E-state index contributed by atoms with van der Waals surface area (Å²) in [5, 5.41) is 5.07. The SMILES string of the molecule is C.C.C#CCCC/C=C/c1ccc(Cl)cc1.C#CCCCC=O.CC(=O)C#CCCC/C=C/c1ccc(Cl)cc1.CC(=O)c1c2c(cc3ccc(Cl)cc13)CCC2.CP(C)(=O)Cc1ccc(Cl)cc1.S=S=S. The Morgan fingerprint density at radius 3 is 1.58 bits per heavy atom. The number of ketones is 2. The highest BCUT2D eigenvalue weighted by Crippen LogP contribution is 2.40. The molecule has 0 radical (unpaired) electrons. The summed E-state index contributed by atoms with van der Waals surface area (Å²) in [4.78, 5) is 32.0. The molecule has 0 aliphatic heterocycles. The number of Topliss-reactive ketones (excluding diaryl/α,β-unsaturated/α-hetero) is 2. The van der Waals surface area contributed by atoms with Crippen molar-refractivity contribution < 1.29 is 18.9 Å². The van der Waals surface area contributed by atoms with Crippen molar-refractivity contribution in [1.82, 2.24) is 0 Å². The molecule has 0 saturated carbocycles. The van der Waals surface area contributed by atoms with Crippen molar-refractivity contribution in [2.75, 3.05) is 13.3 Å². The highest BCUT2D eigenvalue weighted by molar-refractivity contribution is 8.37. The Morgan fingerprint density at radius 1 is 0.681 bits per heavy atom. The van der Waals surface area contributed by atoms with Crippen LogP contribution in [0.1, 0.15) is 131 Å². The highest BCUT2D eigenvalue weighted by atomic mass is 35.5. The second kappa shape index (κ2) is 42.0. The quantitative estimate of drug-likeness (QED) is 0.0276. The van der Waals surface area contributed by atoms with E-state index in [-0.39, 0.29) is 26.4 Å². The minimum atomic E-state index is -1.95. The van der Waals surface area contributed by atoms with E-state index in [0.717, 1.165) is 128 Å². The number of carbonyl (C=O) groups excluding carboxylic acids is 3. The molecule has 6 rings (SSSR count). The lowest BCUT2D eigenvalue weighted by Crippen LogP contribution is -2.01. The van der Waals surface area contributed by atoms with Gasteiger partial charge in [0, 0.05) is 95.7 Å². The van der Waals surface area contributed by atoms with Gasteiger partial charge in [0.15, 0.2) is 5.78 Å². The summed E-state index contributed by atoms with van der Waals surface area (Å²) in [5.41, 5.74) is 6.88. The molecule has 0 heterocycles. The van der Waals surface area contributed by atoms with Crippen molar-refractivity contribution in [1.29, 1.82) is 0 Å². The number of aryl methyl sites for hydroxylation is 1. The van der Waals surface area contributed by atoms with Crippen LogP contribution >= 0.6 is 53.5 Å². The Kier molecular flexibility index (Phi) is 40.6. The molecule has 0 N–H and O–H groups in total. The first-order valence-electron chi connectivity index (χ1n) is 22.6. The van der Waals surface area contributed by atoms with Crippen LogP contribution in [-0.4, -0.2) is 31.2 Å². The fraction of sp³-hybridized carbons (Fsp3) is 0.317. The summed E-state index contributed by atoms with van der Waals surface area (Å²) in [6.45, 7) is 6.71. The smallest absolute Gasteiger partial charge is 0.202 e. The van der Waals surface area contributed by atoms with E-state index in [2.05, 4.69) is 76.4 Å². The predicted octanol–water partition coefficient (Wildman–Crippen LogP) is 18.2. The molecular weight excluding hydrogens is 1050 g/mol. The van der Waals surface area contributed by atoms with Gasteiger partial charge in [-0.2, -0.15) is 0 Å². The van der Waals surface area contributed by atoms with Crippen LogP contribution in [0, 0.1) is 36.5 Å². The van der Waals surface area contributed by atoms with Crippen molar-refractivity contribution in [3.05, 3.63) is 163 Å². The van der Waals surface area contributed by atoms with Crippen LogP contribution in [-0.2, 0) is 64.4 Å². The van der Waals surface area contributed by atoms with E-state index in [0.29, 0.717) is 17.6 Å². The maximum atomic E-state index is 11.9. The summed E-state index contributed by atoms with van der Waals surface area (Å²) in [6.07, 6.45) is 31.1. The van der Waals surface area contributed by atoms with Crippen LogP contribution < -0.4 is 0 Å². The van der Waals surface area contributed by atoms with Gasteiger partial charge in [0.05, 0.1) is 7.14 Å². The number of rotatable bonds is 14. The molecule has 72 heavy (non-hydrogen) atoms. The van der Waals surface area contributed by atoms with E-state index in [1.807, 2.05) is 91.0 Å². The Bertz CT molecular complexity index is 2700. The first-order valence-corrected chi connectivity index (χ1v) is 29.5. The van der Waals surface area contributed by atoms with Crippen molar-refractivity contribution in [3.8, 4) is 36.5 Å². The number of fused-ring (bicyclic) bond motifs is 2. The Morgan fingerprint density at radius 2 is 1.14 bits per heavy atom. The maximum absolute atomic E-state index is 11.9. The van der Waals surface area contributed by atoms with Crippen LogP contribution in [0.3, 0.4) is 0 Å². The number of halogens is 4. The fourth-order valence-corrected chi connectivity index (χ4v) is 8.20. The van der Waals surface area contributed by atoms with Gasteiger partial charge in [0.25, 0.3) is 0 Å². The first-order chi connectivity index (χ1) is 33.5. The molecule has 0 fully saturated rings. The summed E-state index contributed by atoms with van der Waals surface area (Å²) >= 11 is 31.6. The molecule has 0 spiro atoms. The van der Waals surface area contributed by atoms with Crippen LogP contribution in [0.25, 0.3) is 22.9 Å². The normalized spacial score (nSPS) is 10.5. The lowest BCUT2D eigenvalue weighted by molar-refractivity contribution is -0.112. The van der Waals surface area contributed by atoms with Crippen molar-refractivity contribution in [2.24, 2.45) is 0 Å². The standard InChI is InChI=1S/C15H13ClO.C15H15ClO.C13H13Cl.C9H12ClOP.C6H8O.2CH4.S3/c1-9(17)15-13-4-2-3-10(13)7-11-5-6-12(16)8-14(11)15;1-13(17)7-5-3-2-4-6-8-14-9-11-15(16)12-10-14;1-2-3-4-5-6-7-12-8-10-13(14)11-9-12;1-12(2,11)7-8-3-5-9(10)6-4-8;1-2-3-4-5-6-7;;;1-3-2/h5-8H,2-4H2,1H3;6,8-12H,2-4H2,1H3;1,6-11H,3-5H2;3-6H,7H2,1-2H3;1,6H,3-5H2;2*1H4;/b;8-6+;7-6+;;;;;. The minimum Gasteiger partial charge on any atom is -0.324 e. The van der Waals surface area contributed by atoms with Crippen LogP contribution in [0.4, 0.5) is 0 Å². The number of benzene rings is 5. The van der Waals surface area contributed by atoms with Gasteiger partial charge < -0.3 is 9.36 Å². The van der Waals surface area contributed by atoms with Crippen LogP contribution in [0.15, 0.2) is 109 Å². The Labute approximate surface area is 465 Å². The molecule has 384 valence electrons. The molecule has 0 atom stereocenters. The van der Waals surface area contributed by atoms with Gasteiger partial charge in [-0.1, -0.05) is 140 Å². The fourth-order valence-electron chi connectivity index (χ4n) is 6.56. The number of unbranched alkanes of at least 4 members (excludes halogenated alkanes) is 6. The molecular formula is C60H69Cl4O4PS3. The van der Waals surface area contributed by atoms with Crippen molar-refractivity contribution >= 4 is 126 Å². The second-order valence-corrected chi connectivity index (χ2v) is 23.1. The van der Waals surface area contributed by atoms with Gasteiger partial charge in [-0.3, -0.25) is 9.59 Å². The molecule has 1 aliphatic rings. The molecule has 12 heteroatoms. The third kappa shape index (κ3) is 33.3. The third-order valence-corrected chi connectivity index (χ3v) is 11.8. The Balaban J connectivity index is 0. The topological polar surface area (TPSA) is 68.3 Å². The van der Waals surface area contributed by atoms with Gasteiger partial charge in [0.2, 0.25) is 5.78 Å². The summed E-state index contributed by atoms with van der Waals surface area (Å²) in [6, 6.07) is 31.0. The van der Waals surface area contributed by atoms with Gasteiger partial charge in [-0.15, -0.1) is 24.7 Å². The molecule has 0 bridgehead atoms. The molecule has 0 saturated heterocycles. The minimum absolute atomic E-state index is 0. The van der Waals surface area contributed by atoms with Crippen LogP contribution in [0.2, 0.25) is 20.1 Å². The molecule has 1 aliphatic carbocycles. The maximum Gasteiger partial charge on any atom is 0.202 e. The van der Waals surface area contributed by atoms with Crippen LogP contribution in [0.5, 0.6) is 0 Å². The zero-order valence-electron chi connectivity index (χ0n) is 40.3. The summed E-state index contributed by atoms with van der Waals surface area (Å²) < 4.78 is 11.4. The van der Waals surface area contributed by atoms with Gasteiger partial charge >= 0.3 is 0 Å². The van der Waals surface area contributed by atoms with E-state index >= 15 is 0 Å². The number of aldehydes is 1. The molecule has 0 unspecified atom stereocenters. The summed E-state index contributed by atoms with van der Waals surface area (Å²) in [7, 11) is -1.03. The average molecular weight is 1120 g/mol. The van der Waals surface area contributed by atoms with Crippen molar-refractivity contribution in [2.45, 2.75) is 112 Å². The van der Waals surface area contributed by atoms with E-state index in [4.69, 9.17) is 59.3 Å². The van der Waals surface area contributed by atoms with Crippen molar-refractivity contribution in [3.63, 3.8) is 0 Å². The van der Waals surface area contributed by atoms with Gasteiger partial charge in [-0.25, -0.2) is 0 Å². The largest absolute Gasteiger partial charge is 0.324 e. The molecule has 5 aromatic rings. The predicted molar refractivity (Wildman–Crippen MR) is 326 cm³/mol. The number of allylic oxidation sites excluding steroid dienone is 2. The summed E-state index contributed by atoms with van der Waals surface area (Å²) in [5.74, 6) is 10.5. The van der Waals surface area contributed by atoms with Gasteiger partial charge in [-0.05, 0) is 165 Å². The third-order valence-electron chi connectivity index (χ3n) is 9.64. The zero-order valence-corrected chi connectivity index (χ0v) is 46.7. The van der Waals surface area contributed by atoms with E-state index in [1.54, 1.807) is 20.3 Å². The van der Waals surface area contributed by atoms with E-state index in [1.165, 1.54) is 23.6 Å². The highest BCUT2D eigenvalue weighted by Gasteiger charge is 2.20. The average Bonchev–Trinajstić information content (AvgIpc) is 3.79. The van der Waals surface area contributed by atoms with E-state index in [9.17, 15) is 18.9 Å². The number of carbonyl (C=O) groups is 3. The molecule has 0 amide bonds. The lowest BCUT2D eigenvalue weighted by Gasteiger charge is -2.10. The molecule has 0 aromatic heterocycles. The number of terminal acetylenes is 2. The number of hydrogen-bond acceptors (Lipinski definition) is 6. The van der Waals surface area contributed by atoms with Gasteiger partial charge in [0.1, 0.15) is 6.29 Å². The number of hydrogen-bond donors (Lipinski definition) is 0. The molecule has 4 nitrogen and oxygen atoms in total. The molecule has 5 aromatic carbocycles. The second-order valence-electron chi connectivity index (χ2n) is 16.1. The first kappa shape index (κ1) is 69.7. The lowest BCUT2D eigenvalue weighted by atomic mass is 9.93. The Hall–Kier alpha value is -4.42. The zero-order chi connectivity index (χ0) is 52.2. The monoisotopic (exact) mass is 1120 g/mol.